The van der Waals surface area contributed by atoms with Gasteiger partial charge >= 0.3 is 6.03 Å². The molecule has 0 bridgehead atoms. The van der Waals surface area contributed by atoms with Crippen LogP contribution < -0.4 is 10.6 Å². The molecule has 0 unspecified atom stereocenters. The monoisotopic (exact) mass is 406 g/mol. The first-order chi connectivity index (χ1) is 13.5. The Morgan fingerprint density at radius 1 is 1.29 bits per heavy atom. The van der Waals surface area contributed by atoms with E-state index in [1.165, 1.54) is 6.07 Å². The lowest BCUT2D eigenvalue weighted by Gasteiger charge is -2.28. The molecule has 0 spiro atoms. The van der Waals surface area contributed by atoms with Gasteiger partial charge in [0.2, 0.25) is 5.91 Å². The van der Waals surface area contributed by atoms with Crippen molar-refractivity contribution >= 4 is 29.4 Å². The molecule has 2 atom stereocenters. The Morgan fingerprint density at radius 2 is 2.00 bits per heavy atom. The zero-order valence-corrected chi connectivity index (χ0v) is 16.8. The minimum atomic E-state index is -0.391. The Labute approximate surface area is 168 Å². The van der Waals surface area contributed by atoms with Crippen LogP contribution in [0.4, 0.5) is 10.5 Å². The van der Waals surface area contributed by atoms with Crippen molar-refractivity contribution in [2.75, 3.05) is 18.1 Å². The highest BCUT2D eigenvalue weighted by molar-refractivity contribution is 7.99. The van der Waals surface area contributed by atoms with Crippen molar-refractivity contribution in [1.29, 1.82) is 0 Å². The Hall–Kier alpha value is -2.29. The molecule has 0 radical (unpaired) electrons. The van der Waals surface area contributed by atoms with Crippen molar-refractivity contribution in [3.05, 3.63) is 39.4 Å². The van der Waals surface area contributed by atoms with E-state index in [0.717, 1.165) is 41.9 Å². The van der Waals surface area contributed by atoms with Gasteiger partial charge in [0.05, 0.1) is 17.0 Å². The number of rotatable bonds is 4. The fourth-order valence-electron chi connectivity index (χ4n) is 3.57. The van der Waals surface area contributed by atoms with Gasteiger partial charge in [-0.15, -0.1) is 0 Å². The minimum absolute atomic E-state index is 0.00491. The molecular weight excluding hydrogens is 380 g/mol. The lowest BCUT2D eigenvalue weighted by atomic mass is 9.98. The highest BCUT2D eigenvalue weighted by Gasteiger charge is 2.35. The zero-order chi connectivity index (χ0) is 20.1. The van der Waals surface area contributed by atoms with E-state index < -0.39 is 4.92 Å². The van der Waals surface area contributed by atoms with Gasteiger partial charge < -0.3 is 15.5 Å². The van der Waals surface area contributed by atoms with Crippen LogP contribution in [0.15, 0.2) is 18.2 Å². The SMILES string of the molecule is CCCCC(=O)N1CCc2ccc([N+](=O)[O-])cc2C1.O=C1N[C@H]2CSC[C@H]2N1. The first-order valence-electron chi connectivity index (χ1n) is 9.66. The van der Waals surface area contributed by atoms with Crippen LogP contribution in [0.2, 0.25) is 0 Å². The van der Waals surface area contributed by atoms with E-state index in [-0.39, 0.29) is 17.6 Å². The molecule has 3 heterocycles. The van der Waals surface area contributed by atoms with Crippen molar-refractivity contribution in [1.82, 2.24) is 15.5 Å². The second-order valence-electron chi connectivity index (χ2n) is 7.25. The predicted octanol–water partition coefficient (Wildman–Crippen LogP) is 2.45. The maximum absolute atomic E-state index is 12.0. The molecule has 3 aliphatic rings. The third kappa shape index (κ3) is 4.95. The summed E-state index contributed by atoms with van der Waals surface area (Å²) >= 11 is 1.89. The average Bonchev–Trinajstić information content (AvgIpc) is 3.26. The van der Waals surface area contributed by atoms with Crippen LogP contribution in [0.1, 0.15) is 37.3 Å². The van der Waals surface area contributed by atoms with Gasteiger partial charge in [0.15, 0.2) is 0 Å². The number of nitro groups is 1. The molecule has 0 saturated carbocycles. The number of urea groups is 1. The van der Waals surface area contributed by atoms with Gasteiger partial charge in [0.1, 0.15) is 0 Å². The summed E-state index contributed by atoms with van der Waals surface area (Å²) in [7, 11) is 0. The number of amides is 3. The highest BCUT2D eigenvalue weighted by atomic mass is 32.2. The summed E-state index contributed by atoms with van der Waals surface area (Å²) in [6, 6.07) is 5.75. The predicted molar refractivity (Wildman–Crippen MR) is 108 cm³/mol. The van der Waals surface area contributed by atoms with Gasteiger partial charge in [0.25, 0.3) is 5.69 Å². The van der Waals surface area contributed by atoms with Crippen molar-refractivity contribution in [3.63, 3.8) is 0 Å². The third-order valence-electron chi connectivity index (χ3n) is 5.22. The molecule has 152 valence electrons. The van der Waals surface area contributed by atoms with Gasteiger partial charge in [-0.3, -0.25) is 14.9 Å². The lowest BCUT2D eigenvalue weighted by Crippen LogP contribution is -2.35. The molecule has 28 heavy (non-hydrogen) atoms. The number of nitrogens with one attached hydrogen (secondary N) is 2. The molecule has 0 aliphatic carbocycles. The van der Waals surface area contributed by atoms with Crippen molar-refractivity contribution in [2.24, 2.45) is 0 Å². The summed E-state index contributed by atoms with van der Waals surface area (Å²) in [5.41, 5.74) is 2.12. The van der Waals surface area contributed by atoms with E-state index >= 15 is 0 Å². The topological polar surface area (TPSA) is 105 Å². The first-order valence-corrected chi connectivity index (χ1v) is 10.8. The Bertz CT molecular complexity index is 743. The molecule has 3 aliphatic heterocycles. The van der Waals surface area contributed by atoms with Crippen LogP contribution in [0, 0.1) is 10.1 Å². The van der Waals surface area contributed by atoms with E-state index in [4.69, 9.17) is 0 Å². The lowest BCUT2D eigenvalue weighted by molar-refractivity contribution is -0.385. The number of nitro benzene ring substituents is 1. The Kier molecular flexibility index (Phi) is 6.77. The van der Waals surface area contributed by atoms with Gasteiger partial charge in [0, 0.05) is 43.1 Å². The number of non-ortho nitro benzene ring substituents is 1. The second kappa shape index (κ2) is 9.27. The maximum Gasteiger partial charge on any atom is 0.315 e. The fraction of sp³-hybridized carbons (Fsp3) is 0.579. The van der Waals surface area contributed by atoms with Crippen LogP contribution in [0.5, 0.6) is 0 Å². The molecule has 4 rings (SSSR count). The number of unbranched alkanes of at least 4 members (excludes halogenated alkanes) is 1. The Balaban J connectivity index is 0.000000206. The van der Waals surface area contributed by atoms with E-state index in [2.05, 4.69) is 17.6 Å². The summed E-state index contributed by atoms with van der Waals surface area (Å²) in [6.45, 7) is 3.27. The number of hydrogen-bond donors (Lipinski definition) is 2. The number of fused-ring (bicyclic) bond motifs is 2. The van der Waals surface area contributed by atoms with Crippen LogP contribution in [-0.4, -0.2) is 51.9 Å². The second-order valence-corrected chi connectivity index (χ2v) is 8.32. The number of thioether (sulfide) groups is 1. The van der Waals surface area contributed by atoms with Gasteiger partial charge in [-0.1, -0.05) is 19.4 Å². The van der Waals surface area contributed by atoms with E-state index in [9.17, 15) is 19.7 Å². The third-order valence-corrected chi connectivity index (χ3v) is 6.41. The molecule has 0 aromatic heterocycles. The normalized spacial score (nSPS) is 22.3. The number of carbonyl (C=O) groups excluding carboxylic acids is 2. The van der Waals surface area contributed by atoms with E-state index in [1.807, 2.05) is 16.7 Å². The Morgan fingerprint density at radius 3 is 2.64 bits per heavy atom. The van der Waals surface area contributed by atoms with Crippen molar-refractivity contribution < 1.29 is 14.5 Å². The summed E-state index contributed by atoms with van der Waals surface area (Å²) in [5, 5.41) is 16.5. The van der Waals surface area contributed by atoms with Gasteiger partial charge in [-0.25, -0.2) is 4.79 Å². The largest absolute Gasteiger partial charge is 0.338 e. The van der Waals surface area contributed by atoms with E-state index in [0.29, 0.717) is 31.6 Å². The van der Waals surface area contributed by atoms with Crippen molar-refractivity contribution in [2.45, 2.75) is 51.2 Å². The summed E-state index contributed by atoms with van der Waals surface area (Å²) in [6.07, 6.45) is 3.25. The summed E-state index contributed by atoms with van der Waals surface area (Å²) in [5.74, 6) is 2.30. The molecule has 8 nitrogen and oxygen atoms in total. The van der Waals surface area contributed by atoms with Crippen molar-refractivity contribution in [3.8, 4) is 0 Å². The number of hydrogen-bond acceptors (Lipinski definition) is 5. The molecule has 3 amide bonds. The molecule has 2 N–H and O–H groups in total. The van der Waals surface area contributed by atoms with E-state index in [1.54, 1.807) is 12.1 Å². The molecule has 1 aromatic carbocycles. The summed E-state index contributed by atoms with van der Waals surface area (Å²) < 4.78 is 0. The van der Waals surface area contributed by atoms with Gasteiger partial charge in [-0.05, 0) is 24.0 Å². The fourth-order valence-corrected chi connectivity index (χ4v) is 4.85. The molecule has 1 aromatic rings. The van der Waals surface area contributed by atoms with Crippen LogP contribution in [-0.2, 0) is 17.8 Å². The number of carbonyl (C=O) groups is 2. The van der Waals surface area contributed by atoms with Gasteiger partial charge in [-0.2, -0.15) is 11.8 Å². The smallest absolute Gasteiger partial charge is 0.315 e. The molecule has 9 heteroatoms. The summed E-state index contributed by atoms with van der Waals surface area (Å²) in [4.78, 5) is 34.8. The average molecular weight is 407 g/mol. The highest BCUT2D eigenvalue weighted by Crippen LogP contribution is 2.24. The quantitative estimate of drug-likeness (QED) is 0.454. The molecule has 2 fully saturated rings. The number of nitrogens with zero attached hydrogens (tertiary/aromatic N) is 2. The maximum atomic E-state index is 12.0. The molecule has 2 saturated heterocycles. The van der Waals surface area contributed by atoms with Crippen LogP contribution in [0.3, 0.4) is 0 Å². The minimum Gasteiger partial charge on any atom is -0.338 e. The molecular formula is C19H26N4O4S. The van der Waals surface area contributed by atoms with Crippen LogP contribution in [0.25, 0.3) is 0 Å². The standard InChI is InChI=1S/C14H18N2O3.C5H8N2OS/c1-2-3-4-14(17)15-8-7-11-5-6-13(16(18)19)9-12(11)10-15;8-5-6-3-1-9-2-4(3)7-5/h5-6,9H,2-4,7-8,10H2,1H3;3-4H,1-2H2,(H2,6,7,8)/t;3-,4+. The number of benzene rings is 1. The first kappa shape index (κ1) is 20.4. The van der Waals surface area contributed by atoms with Crippen LogP contribution >= 0.6 is 11.8 Å². The zero-order valence-electron chi connectivity index (χ0n) is 16.0.